The fraction of sp³-hybridized carbons (Fsp3) is 0.740. The Kier molecular flexibility index (Phi) is 66.6. The molecule has 0 aromatic rings. The summed E-state index contributed by atoms with van der Waals surface area (Å²) in [5.41, 5.74) is 0. The summed E-state index contributed by atoms with van der Waals surface area (Å²) >= 11 is 0. The topological polar surface area (TPSA) is 237 Å². The van der Waals surface area contributed by atoms with Crippen LogP contribution in [0.3, 0.4) is 0 Å². The number of allylic oxidation sites excluding steroid dienone is 16. The minimum absolute atomic E-state index is 0.0792. The van der Waals surface area contributed by atoms with Crippen LogP contribution in [0.5, 0.6) is 0 Å². The van der Waals surface area contributed by atoms with Gasteiger partial charge in [0.05, 0.1) is 26.4 Å². The van der Waals surface area contributed by atoms with Crippen molar-refractivity contribution < 1.29 is 80.2 Å². The van der Waals surface area contributed by atoms with Crippen LogP contribution in [-0.2, 0) is 65.4 Å². The number of esters is 4. The average molecular weight is 1390 g/mol. The van der Waals surface area contributed by atoms with Crippen molar-refractivity contribution in [3.63, 3.8) is 0 Å². The summed E-state index contributed by atoms with van der Waals surface area (Å²) in [6.07, 6.45) is 71.2. The van der Waals surface area contributed by atoms with Gasteiger partial charge in [-0.2, -0.15) is 0 Å². The third-order valence-corrected chi connectivity index (χ3v) is 17.4. The third kappa shape index (κ3) is 68.5. The van der Waals surface area contributed by atoms with Gasteiger partial charge in [0.15, 0.2) is 12.2 Å². The monoisotopic (exact) mass is 1390 g/mol. The fourth-order valence-electron chi connectivity index (χ4n) is 9.75. The quantitative estimate of drug-likeness (QED) is 0.0169. The van der Waals surface area contributed by atoms with Crippen LogP contribution in [0.1, 0.15) is 310 Å². The van der Waals surface area contributed by atoms with E-state index in [1.165, 1.54) is 51.4 Å². The van der Waals surface area contributed by atoms with Crippen molar-refractivity contribution >= 4 is 39.5 Å². The van der Waals surface area contributed by atoms with Crippen LogP contribution in [0.15, 0.2) is 97.2 Å². The van der Waals surface area contributed by atoms with E-state index in [2.05, 4.69) is 125 Å². The molecule has 0 saturated carbocycles. The van der Waals surface area contributed by atoms with E-state index in [4.69, 9.17) is 37.0 Å². The van der Waals surface area contributed by atoms with Crippen molar-refractivity contribution in [2.75, 3.05) is 39.6 Å². The Morgan fingerprint density at radius 2 is 0.573 bits per heavy atom. The van der Waals surface area contributed by atoms with Gasteiger partial charge < -0.3 is 33.8 Å². The average Bonchev–Trinajstić information content (AvgIpc) is 2.18. The molecule has 96 heavy (non-hydrogen) atoms. The molecule has 0 bridgehead atoms. The van der Waals surface area contributed by atoms with Crippen LogP contribution in [0.25, 0.3) is 0 Å². The number of ether oxygens (including phenoxy) is 4. The Hall–Kier alpha value is -4.02. The van der Waals surface area contributed by atoms with E-state index < -0.39 is 97.5 Å². The second kappa shape index (κ2) is 69.5. The number of hydrogen-bond donors (Lipinski definition) is 3. The number of aliphatic hydroxyl groups is 1. The summed E-state index contributed by atoms with van der Waals surface area (Å²) in [4.78, 5) is 72.7. The van der Waals surface area contributed by atoms with E-state index in [-0.39, 0.29) is 25.7 Å². The first-order chi connectivity index (χ1) is 46.7. The number of hydrogen-bond acceptors (Lipinski definition) is 15. The lowest BCUT2D eigenvalue weighted by molar-refractivity contribution is -0.161. The highest BCUT2D eigenvalue weighted by Crippen LogP contribution is 2.45. The lowest BCUT2D eigenvalue weighted by Gasteiger charge is -2.21. The summed E-state index contributed by atoms with van der Waals surface area (Å²) < 4.78 is 68.3. The number of rotatable bonds is 70. The number of carbonyl (C=O) groups excluding carboxylic acids is 4. The lowest BCUT2D eigenvalue weighted by atomic mass is 10.1. The minimum Gasteiger partial charge on any atom is -0.462 e. The van der Waals surface area contributed by atoms with Gasteiger partial charge in [0.1, 0.15) is 19.3 Å². The first kappa shape index (κ1) is 92.0. The molecule has 0 fully saturated rings. The molecule has 3 N–H and O–H groups in total. The largest absolute Gasteiger partial charge is 0.472 e. The normalized spacial score (nSPS) is 14.5. The highest BCUT2D eigenvalue weighted by Gasteiger charge is 2.30. The maximum Gasteiger partial charge on any atom is 0.472 e. The fourth-order valence-corrected chi connectivity index (χ4v) is 11.3. The molecule has 0 heterocycles. The van der Waals surface area contributed by atoms with Crippen LogP contribution in [0.4, 0.5) is 0 Å². The Labute approximate surface area is 582 Å². The molecule has 19 heteroatoms. The molecule has 0 amide bonds. The Bertz CT molecular complexity index is 2200. The molecule has 0 rings (SSSR count). The number of carbonyl (C=O) groups is 4. The predicted molar refractivity (Wildman–Crippen MR) is 390 cm³/mol. The van der Waals surface area contributed by atoms with Crippen LogP contribution in [0.2, 0.25) is 0 Å². The number of phosphoric acid groups is 2. The molecule has 0 spiro atoms. The Morgan fingerprint density at radius 1 is 0.302 bits per heavy atom. The smallest absolute Gasteiger partial charge is 0.462 e. The van der Waals surface area contributed by atoms with Gasteiger partial charge in [0, 0.05) is 25.7 Å². The highest BCUT2D eigenvalue weighted by molar-refractivity contribution is 7.47. The molecule has 17 nitrogen and oxygen atoms in total. The Balaban J connectivity index is 5.36. The molecule has 0 aliphatic carbocycles. The summed E-state index contributed by atoms with van der Waals surface area (Å²) in [5, 5.41) is 10.6. The van der Waals surface area contributed by atoms with Crippen molar-refractivity contribution in [1.29, 1.82) is 0 Å². The van der Waals surface area contributed by atoms with Crippen LogP contribution in [-0.4, -0.2) is 96.7 Å². The van der Waals surface area contributed by atoms with Crippen molar-refractivity contribution in [2.24, 2.45) is 0 Å². The van der Waals surface area contributed by atoms with E-state index in [9.17, 15) is 43.2 Å². The summed E-state index contributed by atoms with van der Waals surface area (Å²) in [6, 6.07) is 0. The zero-order valence-electron chi connectivity index (χ0n) is 60.3. The molecule has 554 valence electrons. The third-order valence-electron chi connectivity index (χ3n) is 15.5. The molecule has 0 aromatic carbocycles. The first-order valence-electron chi connectivity index (χ1n) is 37.5. The molecule has 0 aromatic heterocycles. The van der Waals surface area contributed by atoms with E-state index in [1.54, 1.807) is 0 Å². The van der Waals surface area contributed by atoms with Gasteiger partial charge in [-0.3, -0.25) is 37.3 Å². The van der Waals surface area contributed by atoms with E-state index in [1.807, 2.05) is 0 Å². The summed E-state index contributed by atoms with van der Waals surface area (Å²) in [7, 11) is -9.95. The van der Waals surface area contributed by atoms with Crippen LogP contribution < -0.4 is 0 Å². The number of unbranched alkanes of at least 4 members (excludes halogenated alkanes) is 28. The van der Waals surface area contributed by atoms with Gasteiger partial charge in [0.2, 0.25) is 0 Å². The van der Waals surface area contributed by atoms with Crippen molar-refractivity contribution in [3.8, 4) is 0 Å². The van der Waals surface area contributed by atoms with Crippen LogP contribution in [0, 0.1) is 0 Å². The standard InChI is InChI=1S/C77H134O17P2/c1-5-9-13-17-21-25-29-32-34-35-37-39-43-46-50-54-58-62-75(80)88-68-73(94-77(82)64-60-56-52-48-44-40-36-33-30-26-22-18-14-10-6-2)70-92-96(85,86)90-66-71(78)65-89-95(83,84)91-69-72(93-76(81)63-59-55-51-47-41-28-24-20-16-12-8-4)67-87-74(79)61-57-53-49-45-42-38-31-27-23-19-15-11-7-3/h9,13,15,19-21,24-25,27,31-34,36-37,39,71-73,78H,5-8,10-12,14,16-18,22-23,26,28-30,35,38,40-70H2,1-4H3,(H,83,84)(H,85,86)/b13-9-,19-15-,24-20-,25-21-,31-27-,34-32-,36-33-,39-37-. The Morgan fingerprint density at radius 3 is 0.917 bits per heavy atom. The molecular weight excluding hydrogens is 1260 g/mol. The first-order valence-corrected chi connectivity index (χ1v) is 40.5. The lowest BCUT2D eigenvalue weighted by Crippen LogP contribution is -2.30. The van der Waals surface area contributed by atoms with Crippen LogP contribution >= 0.6 is 15.6 Å². The van der Waals surface area contributed by atoms with Crippen molar-refractivity contribution in [1.82, 2.24) is 0 Å². The zero-order chi connectivity index (χ0) is 70.4. The predicted octanol–water partition coefficient (Wildman–Crippen LogP) is 21.2. The van der Waals surface area contributed by atoms with Gasteiger partial charge in [-0.15, -0.1) is 0 Å². The van der Waals surface area contributed by atoms with Gasteiger partial charge in [-0.1, -0.05) is 247 Å². The summed E-state index contributed by atoms with van der Waals surface area (Å²) in [6.45, 7) is 4.60. The van der Waals surface area contributed by atoms with Gasteiger partial charge in [-0.05, 0) is 135 Å². The van der Waals surface area contributed by atoms with E-state index in [0.29, 0.717) is 25.7 Å². The molecular formula is C77H134O17P2. The number of aliphatic hydroxyl groups excluding tert-OH is 1. The van der Waals surface area contributed by atoms with Crippen molar-refractivity contribution in [2.45, 2.75) is 329 Å². The van der Waals surface area contributed by atoms with Gasteiger partial charge in [-0.25, -0.2) is 9.13 Å². The van der Waals surface area contributed by atoms with Gasteiger partial charge in [0.25, 0.3) is 0 Å². The summed E-state index contributed by atoms with van der Waals surface area (Å²) in [5.74, 6) is -2.23. The molecule has 5 atom stereocenters. The zero-order valence-corrected chi connectivity index (χ0v) is 62.1. The second-order valence-electron chi connectivity index (χ2n) is 24.8. The maximum absolute atomic E-state index is 13.1. The molecule has 0 aliphatic heterocycles. The SMILES string of the molecule is CC/C=C\C/C=C\C/C=C\C/C=C\CCCCCCC(=O)OCC(COP(=O)(O)OCC(O)COP(=O)(O)OCC(COC(=O)CCCCCCC/C=C\C/C=C\CCC)OC(=O)CCCCCCC/C=C\CCCC)OC(=O)CCCCCCC/C=C\CCCCCCCC. The molecule has 5 unspecified atom stereocenters. The van der Waals surface area contributed by atoms with Gasteiger partial charge >= 0.3 is 39.5 Å². The number of phosphoric ester groups is 2. The molecule has 0 aliphatic rings. The molecule has 0 radical (unpaired) electrons. The van der Waals surface area contributed by atoms with E-state index in [0.717, 1.165) is 180 Å². The minimum atomic E-state index is -4.98. The van der Waals surface area contributed by atoms with Crippen molar-refractivity contribution in [3.05, 3.63) is 97.2 Å². The molecule has 0 saturated heterocycles. The highest BCUT2D eigenvalue weighted by atomic mass is 31.2. The second-order valence-corrected chi connectivity index (χ2v) is 27.8. The van der Waals surface area contributed by atoms with E-state index >= 15 is 0 Å². The maximum atomic E-state index is 13.1.